The fraction of sp³-hybridized carbons (Fsp3) is 0.929. The van der Waals surface area contributed by atoms with Gasteiger partial charge in [0.1, 0.15) is 0 Å². The van der Waals surface area contributed by atoms with Crippen molar-refractivity contribution in [1.82, 2.24) is 10.2 Å². The van der Waals surface area contributed by atoms with Crippen LogP contribution in [-0.4, -0.2) is 55.7 Å². The van der Waals surface area contributed by atoms with E-state index in [0.29, 0.717) is 25.6 Å². The zero-order chi connectivity index (χ0) is 14.3. The van der Waals surface area contributed by atoms with Crippen LogP contribution >= 0.6 is 0 Å². The fourth-order valence-electron chi connectivity index (χ4n) is 2.27. The molecule has 1 saturated heterocycles. The standard InChI is InChI=1S/C14H29N3O2/c1-11(2)19-8-4-6-16-14(18)10-17-7-5-13(15)12(3)9-17/h11-13H,4-10,15H2,1-3H3,(H,16,18). The van der Waals surface area contributed by atoms with Crippen LogP contribution in [0, 0.1) is 5.92 Å². The van der Waals surface area contributed by atoms with Gasteiger partial charge in [0.25, 0.3) is 0 Å². The molecule has 0 aromatic carbocycles. The first-order chi connectivity index (χ1) is 8.99. The highest BCUT2D eigenvalue weighted by Crippen LogP contribution is 2.14. The van der Waals surface area contributed by atoms with Crippen LogP contribution < -0.4 is 11.1 Å². The smallest absolute Gasteiger partial charge is 0.234 e. The first kappa shape index (κ1) is 16.4. The van der Waals surface area contributed by atoms with E-state index in [1.165, 1.54) is 0 Å². The molecule has 1 heterocycles. The number of ether oxygens (including phenoxy) is 1. The molecular formula is C14H29N3O2. The number of hydrogen-bond acceptors (Lipinski definition) is 4. The number of rotatable bonds is 7. The Morgan fingerprint density at radius 3 is 2.89 bits per heavy atom. The van der Waals surface area contributed by atoms with Gasteiger partial charge in [0.05, 0.1) is 12.6 Å². The van der Waals surface area contributed by atoms with Crippen LogP contribution in [0.3, 0.4) is 0 Å². The minimum atomic E-state index is 0.104. The lowest BCUT2D eigenvalue weighted by molar-refractivity contribution is -0.122. The molecule has 0 aliphatic carbocycles. The quantitative estimate of drug-likeness (QED) is 0.665. The Bertz CT molecular complexity index is 271. The third-order valence-corrected chi connectivity index (χ3v) is 3.52. The Morgan fingerprint density at radius 1 is 1.53 bits per heavy atom. The van der Waals surface area contributed by atoms with Crippen LogP contribution in [-0.2, 0) is 9.53 Å². The van der Waals surface area contributed by atoms with Crippen LogP contribution in [0.15, 0.2) is 0 Å². The second kappa shape index (κ2) is 8.51. The van der Waals surface area contributed by atoms with Crippen LogP contribution in [0.2, 0.25) is 0 Å². The first-order valence-electron chi connectivity index (χ1n) is 7.35. The number of amides is 1. The van der Waals surface area contributed by atoms with E-state index in [4.69, 9.17) is 10.5 Å². The Hall–Kier alpha value is -0.650. The normalized spacial score (nSPS) is 24.7. The second-order valence-corrected chi connectivity index (χ2v) is 5.79. The van der Waals surface area contributed by atoms with E-state index in [1.54, 1.807) is 0 Å². The summed E-state index contributed by atoms with van der Waals surface area (Å²) < 4.78 is 5.42. The highest BCUT2D eigenvalue weighted by Gasteiger charge is 2.24. The topological polar surface area (TPSA) is 67.6 Å². The van der Waals surface area contributed by atoms with Crippen molar-refractivity contribution in [3.63, 3.8) is 0 Å². The van der Waals surface area contributed by atoms with Crippen LogP contribution in [0.25, 0.3) is 0 Å². The summed E-state index contributed by atoms with van der Waals surface area (Å²) in [7, 11) is 0. The Kier molecular flexibility index (Phi) is 7.34. The Morgan fingerprint density at radius 2 is 2.26 bits per heavy atom. The van der Waals surface area contributed by atoms with Gasteiger partial charge in [0, 0.05) is 32.3 Å². The Labute approximate surface area is 116 Å². The predicted octanol–water partition coefficient (Wildman–Crippen LogP) is 0.587. The van der Waals surface area contributed by atoms with Crippen molar-refractivity contribution in [2.45, 2.75) is 45.8 Å². The van der Waals surface area contributed by atoms with E-state index >= 15 is 0 Å². The summed E-state index contributed by atoms with van der Waals surface area (Å²) in [6.45, 7) is 9.91. The highest BCUT2D eigenvalue weighted by atomic mass is 16.5. The molecule has 5 nitrogen and oxygen atoms in total. The van der Waals surface area contributed by atoms with Crippen molar-refractivity contribution in [3.05, 3.63) is 0 Å². The van der Waals surface area contributed by atoms with Crippen molar-refractivity contribution in [2.75, 3.05) is 32.8 Å². The SMILES string of the molecule is CC(C)OCCCNC(=O)CN1CCC(N)C(C)C1. The van der Waals surface area contributed by atoms with E-state index < -0.39 is 0 Å². The van der Waals surface area contributed by atoms with Gasteiger partial charge in [-0.2, -0.15) is 0 Å². The molecule has 1 amide bonds. The minimum absolute atomic E-state index is 0.104. The van der Waals surface area contributed by atoms with E-state index in [2.05, 4.69) is 17.1 Å². The molecule has 19 heavy (non-hydrogen) atoms. The molecule has 1 fully saturated rings. The van der Waals surface area contributed by atoms with Crippen LogP contribution in [0.5, 0.6) is 0 Å². The molecule has 2 unspecified atom stereocenters. The van der Waals surface area contributed by atoms with E-state index in [0.717, 1.165) is 25.9 Å². The van der Waals surface area contributed by atoms with E-state index in [9.17, 15) is 4.79 Å². The van der Waals surface area contributed by atoms with Crippen LogP contribution in [0.1, 0.15) is 33.6 Å². The minimum Gasteiger partial charge on any atom is -0.379 e. The summed E-state index contributed by atoms with van der Waals surface area (Å²) in [5, 5.41) is 2.94. The molecular weight excluding hydrogens is 242 g/mol. The zero-order valence-electron chi connectivity index (χ0n) is 12.5. The lowest BCUT2D eigenvalue weighted by Gasteiger charge is -2.34. The molecule has 0 spiro atoms. The number of piperidine rings is 1. The molecule has 3 N–H and O–H groups in total. The highest BCUT2D eigenvalue weighted by molar-refractivity contribution is 5.77. The van der Waals surface area contributed by atoms with Crippen molar-refractivity contribution >= 4 is 5.91 Å². The monoisotopic (exact) mass is 271 g/mol. The number of nitrogens with zero attached hydrogens (tertiary/aromatic N) is 1. The molecule has 1 rings (SSSR count). The van der Waals surface area contributed by atoms with Gasteiger partial charge >= 0.3 is 0 Å². The lowest BCUT2D eigenvalue weighted by atomic mass is 9.95. The first-order valence-corrected chi connectivity index (χ1v) is 7.35. The Balaban J connectivity index is 2.07. The summed E-state index contributed by atoms with van der Waals surface area (Å²) in [5.41, 5.74) is 5.97. The molecule has 0 saturated carbocycles. The van der Waals surface area contributed by atoms with Gasteiger partial charge in [-0.15, -0.1) is 0 Å². The van der Waals surface area contributed by atoms with Gasteiger partial charge in [-0.05, 0) is 32.6 Å². The number of nitrogens with one attached hydrogen (secondary N) is 1. The molecule has 2 atom stereocenters. The molecule has 0 aromatic rings. The summed E-state index contributed by atoms with van der Waals surface area (Å²) in [5.74, 6) is 0.577. The summed E-state index contributed by atoms with van der Waals surface area (Å²) >= 11 is 0. The van der Waals surface area contributed by atoms with Crippen LogP contribution in [0.4, 0.5) is 0 Å². The van der Waals surface area contributed by atoms with Crippen molar-refractivity contribution in [3.8, 4) is 0 Å². The third-order valence-electron chi connectivity index (χ3n) is 3.52. The fourth-order valence-corrected chi connectivity index (χ4v) is 2.27. The van der Waals surface area contributed by atoms with Crippen molar-refractivity contribution in [1.29, 1.82) is 0 Å². The second-order valence-electron chi connectivity index (χ2n) is 5.79. The molecule has 1 aliphatic heterocycles. The molecule has 0 aromatic heterocycles. The summed E-state index contributed by atoms with van der Waals surface area (Å²) in [4.78, 5) is 14.0. The molecule has 0 radical (unpaired) electrons. The van der Waals surface area contributed by atoms with Crippen molar-refractivity contribution in [2.24, 2.45) is 11.7 Å². The van der Waals surface area contributed by atoms with Gasteiger partial charge in [-0.1, -0.05) is 6.92 Å². The maximum atomic E-state index is 11.8. The van der Waals surface area contributed by atoms with Crippen molar-refractivity contribution < 1.29 is 9.53 Å². The largest absolute Gasteiger partial charge is 0.379 e. The number of likely N-dealkylation sites (tertiary alicyclic amines) is 1. The average molecular weight is 271 g/mol. The maximum Gasteiger partial charge on any atom is 0.234 e. The van der Waals surface area contributed by atoms with Gasteiger partial charge in [0.15, 0.2) is 0 Å². The van der Waals surface area contributed by atoms with Gasteiger partial charge in [-0.25, -0.2) is 0 Å². The third kappa shape index (κ3) is 6.89. The van der Waals surface area contributed by atoms with E-state index in [-0.39, 0.29) is 18.1 Å². The van der Waals surface area contributed by atoms with Gasteiger partial charge in [-0.3, -0.25) is 9.69 Å². The predicted molar refractivity (Wildman–Crippen MR) is 76.9 cm³/mol. The summed E-state index contributed by atoms with van der Waals surface area (Å²) in [6.07, 6.45) is 2.11. The van der Waals surface area contributed by atoms with Gasteiger partial charge < -0.3 is 15.8 Å². The zero-order valence-corrected chi connectivity index (χ0v) is 12.5. The number of carbonyl (C=O) groups excluding carboxylic acids is 1. The summed E-state index contributed by atoms with van der Waals surface area (Å²) in [6, 6.07) is 0.285. The molecule has 0 bridgehead atoms. The number of hydrogen-bond donors (Lipinski definition) is 2. The molecule has 112 valence electrons. The number of nitrogens with two attached hydrogens (primary N) is 1. The molecule has 5 heteroatoms. The maximum absolute atomic E-state index is 11.8. The average Bonchev–Trinajstić information content (AvgIpc) is 2.33. The van der Waals surface area contributed by atoms with E-state index in [1.807, 2.05) is 13.8 Å². The lowest BCUT2D eigenvalue weighted by Crippen LogP contribution is -2.49. The van der Waals surface area contributed by atoms with Gasteiger partial charge in [0.2, 0.25) is 5.91 Å². The number of carbonyl (C=O) groups is 1. The molecule has 1 aliphatic rings.